The van der Waals surface area contributed by atoms with Crippen LogP contribution in [0.5, 0.6) is 5.75 Å². The summed E-state index contributed by atoms with van der Waals surface area (Å²) in [6.07, 6.45) is 1.85. The molecule has 2 heterocycles. The lowest BCUT2D eigenvalue weighted by atomic mass is 9.79. The van der Waals surface area contributed by atoms with E-state index in [1.54, 1.807) is 6.07 Å². The monoisotopic (exact) mass is 703 g/mol. The molecule has 1 N–H and O–H groups in total. The van der Waals surface area contributed by atoms with Gasteiger partial charge in [0, 0.05) is 33.8 Å². The van der Waals surface area contributed by atoms with E-state index in [1.165, 1.54) is 11.1 Å². The molecule has 8 aromatic rings. The van der Waals surface area contributed by atoms with E-state index in [1.807, 2.05) is 36.5 Å². The molecule has 0 bridgehead atoms. The van der Waals surface area contributed by atoms with Gasteiger partial charge in [-0.1, -0.05) is 139 Å². The predicted octanol–water partition coefficient (Wildman–Crippen LogP) is 13.6. The zero-order valence-corrected chi connectivity index (χ0v) is 31.8. The number of pyridine rings is 2. The first-order chi connectivity index (χ1) is 25.9. The Labute approximate surface area is 318 Å². The first kappa shape index (κ1) is 34.8. The van der Waals surface area contributed by atoms with Crippen LogP contribution in [0.4, 0.5) is 17.2 Å². The number of benzene rings is 6. The van der Waals surface area contributed by atoms with Crippen molar-refractivity contribution in [2.45, 2.75) is 52.4 Å². The van der Waals surface area contributed by atoms with Gasteiger partial charge in [-0.2, -0.15) is 0 Å². The van der Waals surface area contributed by atoms with E-state index < -0.39 is 0 Å². The van der Waals surface area contributed by atoms with Gasteiger partial charge in [0.25, 0.3) is 0 Å². The Balaban J connectivity index is 1.37. The van der Waals surface area contributed by atoms with Crippen molar-refractivity contribution in [1.29, 1.82) is 0 Å². The van der Waals surface area contributed by atoms with Crippen molar-refractivity contribution in [2.24, 2.45) is 0 Å². The van der Waals surface area contributed by atoms with E-state index in [4.69, 9.17) is 9.97 Å². The van der Waals surface area contributed by atoms with Crippen molar-refractivity contribution in [3.05, 3.63) is 169 Å². The summed E-state index contributed by atoms with van der Waals surface area (Å²) in [5.74, 6) is 1.02. The fourth-order valence-corrected chi connectivity index (χ4v) is 7.23. The zero-order chi connectivity index (χ0) is 37.6. The molecule has 0 saturated heterocycles. The van der Waals surface area contributed by atoms with Crippen molar-refractivity contribution in [1.82, 2.24) is 9.97 Å². The van der Waals surface area contributed by atoms with Crippen LogP contribution in [-0.2, 0) is 10.8 Å². The van der Waals surface area contributed by atoms with Crippen LogP contribution < -0.4 is 4.90 Å². The van der Waals surface area contributed by atoms with Gasteiger partial charge in [-0.15, -0.1) is 0 Å². The molecule has 0 spiro atoms. The topological polar surface area (TPSA) is 49.2 Å². The van der Waals surface area contributed by atoms with Gasteiger partial charge in [0.2, 0.25) is 0 Å². The standard InChI is InChI=1S/C50H45N3O/c1-49(2,3)38-27-36(28-39(32-38)50(4,5)6)37-30-44(52-45(31-37)43-22-11-12-23-46(43)54)35-18-15-19-40(29-35)53(47-24-13-14-25-51-47)48-41-20-9-7-16-33(41)26-34-17-8-10-21-42(34)48/h7-32,54H,1-6H3. The number of phenols is 1. The Hall–Kier alpha value is -6.26. The number of nitrogens with zero attached hydrogens (tertiary/aromatic N) is 3. The molecule has 0 fully saturated rings. The summed E-state index contributed by atoms with van der Waals surface area (Å²) in [7, 11) is 0. The third-order valence-electron chi connectivity index (χ3n) is 10.2. The molecule has 2 aromatic heterocycles. The van der Waals surface area contributed by atoms with E-state index in [2.05, 4.69) is 162 Å². The molecule has 266 valence electrons. The van der Waals surface area contributed by atoms with Crippen LogP contribution in [0.2, 0.25) is 0 Å². The van der Waals surface area contributed by atoms with E-state index in [0.29, 0.717) is 11.3 Å². The molecule has 0 unspecified atom stereocenters. The second-order valence-electron chi connectivity index (χ2n) is 16.2. The van der Waals surface area contributed by atoms with E-state index in [-0.39, 0.29) is 16.6 Å². The van der Waals surface area contributed by atoms with Gasteiger partial charge < -0.3 is 5.11 Å². The van der Waals surface area contributed by atoms with Crippen LogP contribution in [0, 0.1) is 0 Å². The van der Waals surface area contributed by atoms with Gasteiger partial charge >= 0.3 is 0 Å². The largest absolute Gasteiger partial charge is 0.507 e. The highest BCUT2D eigenvalue weighted by Gasteiger charge is 2.23. The molecule has 6 aromatic carbocycles. The lowest BCUT2D eigenvalue weighted by Crippen LogP contribution is -2.16. The Morgan fingerprint density at radius 3 is 1.72 bits per heavy atom. The molecule has 0 aliphatic heterocycles. The number of rotatable bonds is 6. The van der Waals surface area contributed by atoms with Crippen LogP contribution in [0.15, 0.2) is 158 Å². The second kappa shape index (κ2) is 13.6. The maximum Gasteiger partial charge on any atom is 0.137 e. The quantitative estimate of drug-likeness (QED) is 0.175. The van der Waals surface area contributed by atoms with E-state index in [0.717, 1.165) is 61.1 Å². The first-order valence-corrected chi connectivity index (χ1v) is 18.6. The molecule has 8 rings (SSSR count). The molecule has 0 saturated carbocycles. The van der Waals surface area contributed by atoms with Gasteiger partial charge in [0.1, 0.15) is 11.6 Å². The summed E-state index contributed by atoms with van der Waals surface area (Å²) < 4.78 is 0. The maximum atomic E-state index is 11.1. The van der Waals surface area contributed by atoms with Gasteiger partial charge in [0.05, 0.1) is 17.1 Å². The van der Waals surface area contributed by atoms with Gasteiger partial charge in [0.15, 0.2) is 0 Å². The molecule has 0 amide bonds. The van der Waals surface area contributed by atoms with Crippen molar-refractivity contribution >= 4 is 38.7 Å². The molecule has 0 aliphatic carbocycles. The first-order valence-electron chi connectivity index (χ1n) is 18.6. The predicted molar refractivity (Wildman–Crippen MR) is 227 cm³/mol. The minimum Gasteiger partial charge on any atom is -0.507 e. The smallest absolute Gasteiger partial charge is 0.137 e. The summed E-state index contributed by atoms with van der Waals surface area (Å²) in [5.41, 5.74) is 9.87. The summed E-state index contributed by atoms with van der Waals surface area (Å²) in [4.78, 5) is 12.4. The molecule has 4 nitrogen and oxygen atoms in total. The van der Waals surface area contributed by atoms with Crippen molar-refractivity contribution in [2.75, 3.05) is 4.90 Å². The van der Waals surface area contributed by atoms with Crippen LogP contribution in [0.3, 0.4) is 0 Å². The molecular formula is C50H45N3O. The number of hydrogen-bond acceptors (Lipinski definition) is 4. The lowest BCUT2D eigenvalue weighted by Gasteiger charge is -2.28. The average Bonchev–Trinajstić information content (AvgIpc) is 3.17. The fourth-order valence-electron chi connectivity index (χ4n) is 7.23. The number of aromatic hydroxyl groups is 1. The highest BCUT2D eigenvalue weighted by Crippen LogP contribution is 2.44. The highest BCUT2D eigenvalue weighted by atomic mass is 16.3. The van der Waals surface area contributed by atoms with Crippen LogP contribution in [0.25, 0.3) is 55.2 Å². The molecule has 0 aliphatic rings. The number of anilines is 3. The van der Waals surface area contributed by atoms with Crippen LogP contribution >= 0.6 is 0 Å². The highest BCUT2D eigenvalue weighted by molar-refractivity contribution is 6.14. The van der Waals surface area contributed by atoms with E-state index in [9.17, 15) is 5.11 Å². The molecular weight excluding hydrogens is 659 g/mol. The molecule has 4 heteroatoms. The minimum atomic E-state index is -0.0402. The van der Waals surface area contributed by atoms with Crippen molar-refractivity contribution in [3.8, 4) is 39.4 Å². The molecule has 54 heavy (non-hydrogen) atoms. The molecule has 0 atom stereocenters. The number of fused-ring (bicyclic) bond motifs is 2. The Kier molecular flexibility index (Phi) is 8.78. The minimum absolute atomic E-state index is 0.0402. The van der Waals surface area contributed by atoms with Crippen molar-refractivity contribution in [3.63, 3.8) is 0 Å². The third kappa shape index (κ3) is 6.72. The second-order valence-corrected chi connectivity index (χ2v) is 16.2. The maximum absolute atomic E-state index is 11.1. The summed E-state index contributed by atoms with van der Waals surface area (Å²) in [6.45, 7) is 13.6. The summed E-state index contributed by atoms with van der Waals surface area (Å²) in [6, 6.07) is 52.7. The van der Waals surface area contributed by atoms with Crippen LogP contribution in [0.1, 0.15) is 52.7 Å². The van der Waals surface area contributed by atoms with E-state index >= 15 is 0 Å². The van der Waals surface area contributed by atoms with Gasteiger partial charge in [-0.05, 0) is 98.5 Å². The third-order valence-corrected chi connectivity index (χ3v) is 10.2. The zero-order valence-electron chi connectivity index (χ0n) is 31.8. The summed E-state index contributed by atoms with van der Waals surface area (Å²) in [5, 5.41) is 15.7. The number of phenolic OH excluding ortho intramolecular Hbond substituents is 1. The number of hydrogen-bond donors (Lipinski definition) is 1. The average molecular weight is 704 g/mol. The van der Waals surface area contributed by atoms with Crippen LogP contribution in [-0.4, -0.2) is 15.1 Å². The Morgan fingerprint density at radius 1 is 0.500 bits per heavy atom. The summed E-state index contributed by atoms with van der Waals surface area (Å²) >= 11 is 0. The van der Waals surface area contributed by atoms with Gasteiger partial charge in [-0.25, -0.2) is 9.97 Å². The fraction of sp³-hybridized carbons (Fsp3) is 0.160. The van der Waals surface area contributed by atoms with Gasteiger partial charge in [-0.3, -0.25) is 4.90 Å². The van der Waals surface area contributed by atoms with Crippen molar-refractivity contribution < 1.29 is 5.11 Å². The lowest BCUT2D eigenvalue weighted by molar-refractivity contribution is 0.477. The Bertz CT molecular complexity index is 2560. The normalized spacial score (nSPS) is 12.0. The number of aromatic nitrogens is 2. The Morgan fingerprint density at radius 2 is 1.09 bits per heavy atom. The number of para-hydroxylation sites is 1. The molecule has 0 radical (unpaired) electrons. The SMILES string of the molecule is CC(C)(C)c1cc(-c2cc(-c3cccc(N(c4ccccn4)c4c5ccccc5cc5ccccc45)c3)nc(-c3ccccc3O)c2)cc(C(C)(C)C)c1.